The van der Waals surface area contributed by atoms with Gasteiger partial charge in [0.2, 0.25) is 0 Å². The first-order valence-electron chi connectivity index (χ1n) is 9.78. The van der Waals surface area contributed by atoms with Crippen molar-refractivity contribution < 1.29 is 5.11 Å². The summed E-state index contributed by atoms with van der Waals surface area (Å²) in [5, 5.41) is 10.3. The molecule has 0 aliphatic carbocycles. The number of nitrogens with two attached hydrogens (primary N) is 1. The van der Waals surface area contributed by atoms with E-state index in [1.807, 2.05) is 0 Å². The summed E-state index contributed by atoms with van der Waals surface area (Å²) >= 11 is 0. The van der Waals surface area contributed by atoms with E-state index in [9.17, 15) is 5.11 Å². The van der Waals surface area contributed by atoms with Crippen molar-refractivity contribution in [2.24, 2.45) is 17.6 Å². The minimum absolute atomic E-state index is 0.195. The maximum atomic E-state index is 10.3. The maximum Gasteiger partial charge on any atom is 0.0557 e. The van der Waals surface area contributed by atoms with Crippen molar-refractivity contribution >= 4 is 0 Å². The Labute approximate surface area is 153 Å². The van der Waals surface area contributed by atoms with Gasteiger partial charge in [0.1, 0.15) is 0 Å². The molecule has 0 bridgehead atoms. The molecule has 0 amide bonds. The molecule has 4 atom stereocenters. The highest BCUT2D eigenvalue weighted by Gasteiger charge is 2.37. The molecule has 3 heteroatoms. The Morgan fingerprint density at radius 1 is 1.20 bits per heavy atom. The van der Waals surface area contributed by atoms with Gasteiger partial charge in [-0.05, 0) is 49.2 Å². The highest BCUT2D eigenvalue weighted by molar-refractivity contribution is 5.27. The first-order valence-corrected chi connectivity index (χ1v) is 9.78. The first-order chi connectivity index (χ1) is 11.8. The van der Waals surface area contributed by atoms with Gasteiger partial charge in [-0.2, -0.15) is 0 Å². The molecule has 1 aliphatic heterocycles. The lowest BCUT2D eigenvalue weighted by Gasteiger charge is -2.32. The molecule has 0 saturated carbocycles. The van der Waals surface area contributed by atoms with Crippen LogP contribution in [0.15, 0.2) is 41.6 Å². The third-order valence-electron chi connectivity index (χ3n) is 5.92. The largest absolute Gasteiger partial charge is 0.393 e. The molecule has 1 heterocycles. The van der Waals surface area contributed by atoms with Crippen molar-refractivity contribution in [3.05, 3.63) is 47.2 Å². The fourth-order valence-electron chi connectivity index (χ4n) is 3.88. The Morgan fingerprint density at radius 3 is 2.40 bits per heavy atom. The second-order valence-corrected chi connectivity index (χ2v) is 7.99. The number of nitrogens with zero attached hydrogens (tertiary/aromatic N) is 1. The topological polar surface area (TPSA) is 49.5 Å². The minimum atomic E-state index is -0.239. The number of allylic oxidation sites excluding steroid dienone is 1. The van der Waals surface area contributed by atoms with E-state index in [2.05, 4.69) is 69.9 Å². The van der Waals surface area contributed by atoms with Crippen molar-refractivity contribution in [2.45, 2.75) is 78.6 Å². The highest BCUT2D eigenvalue weighted by Crippen LogP contribution is 2.39. The van der Waals surface area contributed by atoms with Gasteiger partial charge >= 0.3 is 0 Å². The van der Waals surface area contributed by atoms with E-state index in [-0.39, 0.29) is 12.1 Å². The number of rotatable bonds is 8. The Hall–Kier alpha value is -1.32. The smallest absolute Gasteiger partial charge is 0.0557 e. The molecule has 4 unspecified atom stereocenters. The summed E-state index contributed by atoms with van der Waals surface area (Å²) in [6, 6.07) is 11.2. The summed E-state index contributed by atoms with van der Waals surface area (Å²) in [6.07, 6.45) is 2.34. The standard InChI is InChI=1S/C22H36N2O/c1-6-19(25)12-22-16(4)20(13-21(23)15(2)3)17(5)24(22)14-18-10-8-7-9-11-18/h7-11,15-16,19,21-22,25H,6,12-14,23H2,1-5H3. The van der Waals surface area contributed by atoms with E-state index < -0.39 is 0 Å². The normalized spacial score (nSPS) is 23.4. The zero-order chi connectivity index (χ0) is 18.6. The van der Waals surface area contributed by atoms with Crippen LogP contribution in [-0.4, -0.2) is 28.2 Å². The monoisotopic (exact) mass is 344 g/mol. The van der Waals surface area contributed by atoms with Gasteiger partial charge in [0.25, 0.3) is 0 Å². The summed E-state index contributed by atoms with van der Waals surface area (Å²) in [5.41, 5.74) is 10.5. The van der Waals surface area contributed by atoms with E-state index in [1.165, 1.54) is 16.8 Å². The number of aliphatic hydroxyl groups is 1. The van der Waals surface area contributed by atoms with E-state index in [4.69, 9.17) is 5.73 Å². The van der Waals surface area contributed by atoms with Gasteiger partial charge in [0.05, 0.1) is 6.10 Å². The molecule has 0 saturated heterocycles. The summed E-state index contributed by atoms with van der Waals surface area (Å²) in [6.45, 7) is 11.9. The minimum Gasteiger partial charge on any atom is -0.393 e. The third-order valence-corrected chi connectivity index (χ3v) is 5.92. The predicted octanol–water partition coefficient (Wildman–Crippen LogP) is 4.32. The SMILES string of the molecule is CCC(O)CC1C(C)C(CC(N)C(C)C)=C(C)N1Cc1ccccc1. The molecule has 1 aromatic rings. The summed E-state index contributed by atoms with van der Waals surface area (Å²) < 4.78 is 0. The molecule has 0 aromatic heterocycles. The van der Waals surface area contributed by atoms with Gasteiger partial charge in [0.15, 0.2) is 0 Å². The second-order valence-electron chi connectivity index (χ2n) is 7.99. The van der Waals surface area contributed by atoms with Gasteiger partial charge in [-0.3, -0.25) is 0 Å². The number of hydrogen-bond donors (Lipinski definition) is 2. The van der Waals surface area contributed by atoms with Crippen LogP contribution < -0.4 is 5.73 Å². The predicted molar refractivity (Wildman–Crippen MR) is 106 cm³/mol. The molecular formula is C22H36N2O. The van der Waals surface area contributed by atoms with E-state index >= 15 is 0 Å². The molecule has 1 aromatic carbocycles. The molecule has 0 radical (unpaired) electrons. The number of aliphatic hydroxyl groups excluding tert-OH is 1. The van der Waals surface area contributed by atoms with Gasteiger partial charge in [-0.25, -0.2) is 0 Å². The van der Waals surface area contributed by atoms with Crippen molar-refractivity contribution in [2.75, 3.05) is 0 Å². The van der Waals surface area contributed by atoms with Crippen molar-refractivity contribution in [3.8, 4) is 0 Å². The maximum absolute atomic E-state index is 10.3. The van der Waals surface area contributed by atoms with Crippen LogP contribution in [0.5, 0.6) is 0 Å². The quantitative estimate of drug-likeness (QED) is 0.738. The molecule has 2 rings (SSSR count). The van der Waals surface area contributed by atoms with Crippen LogP contribution in [0, 0.1) is 11.8 Å². The highest BCUT2D eigenvalue weighted by atomic mass is 16.3. The van der Waals surface area contributed by atoms with Crippen LogP contribution in [0.4, 0.5) is 0 Å². The lowest BCUT2D eigenvalue weighted by atomic mass is 9.86. The van der Waals surface area contributed by atoms with Gasteiger partial charge in [-0.15, -0.1) is 0 Å². The Kier molecular flexibility index (Phi) is 7.09. The van der Waals surface area contributed by atoms with Crippen molar-refractivity contribution in [1.29, 1.82) is 0 Å². The number of hydrogen-bond acceptors (Lipinski definition) is 3. The fraction of sp³-hybridized carbons (Fsp3) is 0.636. The molecule has 3 nitrogen and oxygen atoms in total. The first kappa shape index (κ1) is 20.0. The Bertz CT molecular complexity index is 567. The van der Waals surface area contributed by atoms with E-state index in [0.29, 0.717) is 17.9 Å². The fourth-order valence-corrected chi connectivity index (χ4v) is 3.88. The van der Waals surface area contributed by atoms with Crippen LogP contribution >= 0.6 is 0 Å². The summed E-state index contributed by atoms with van der Waals surface area (Å²) in [7, 11) is 0. The third kappa shape index (κ3) is 4.86. The lowest BCUT2D eigenvalue weighted by molar-refractivity contribution is 0.106. The molecule has 1 aliphatic rings. The second kappa shape index (κ2) is 8.86. The Balaban J connectivity index is 2.26. The molecule has 25 heavy (non-hydrogen) atoms. The van der Waals surface area contributed by atoms with Crippen LogP contribution in [0.25, 0.3) is 0 Å². The van der Waals surface area contributed by atoms with Gasteiger partial charge in [0, 0.05) is 24.3 Å². The molecule has 0 spiro atoms. The van der Waals surface area contributed by atoms with Crippen LogP contribution in [0.2, 0.25) is 0 Å². The molecule has 3 N–H and O–H groups in total. The van der Waals surface area contributed by atoms with Gasteiger partial charge in [-0.1, -0.05) is 58.0 Å². The zero-order valence-corrected chi connectivity index (χ0v) is 16.6. The van der Waals surface area contributed by atoms with Gasteiger partial charge < -0.3 is 15.7 Å². The van der Waals surface area contributed by atoms with Crippen molar-refractivity contribution in [1.82, 2.24) is 4.90 Å². The molecule has 140 valence electrons. The average Bonchev–Trinajstić information content (AvgIpc) is 2.80. The van der Waals surface area contributed by atoms with Crippen LogP contribution in [0.1, 0.15) is 59.4 Å². The average molecular weight is 345 g/mol. The Morgan fingerprint density at radius 2 is 1.84 bits per heavy atom. The summed E-state index contributed by atoms with van der Waals surface area (Å²) in [4.78, 5) is 2.50. The van der Waals surface area contributed by atoms with Crippen LogP contribution in [-0.2, 0) is 6.54 Å². The van der Waals surface area contributed by atoms with E-state index in [0.717, 1.165) is 25.8 Å². The van der Waals surface area contributed by atoms with E-state index in [1.54, 1.807) is 0 Å². The van der Waals surface area contributed by atoms with Crippen LogP contribution in [0.3, 0.4) is 0 Å². The molecule has 0 fully saturated rings. The lowest BCUT2D eigenvalue weighted by Crippen LogP contribution is -2.36. The molecular weight excluding hydrogens is 308 g/mol. The summed E-state index contributed by atoms with van der Waals surface area (Å²) in [5.74, 6) is 0.921. The zero-order valence-electron chi connectivity index (χ0n) is 16.6. The number of benzene rings is 1. The van der Waals surface area contributed by atoms with Crippen molar-refractivity contribution in [3.63, 3.8) is 0 Å².